The predicted octanol–water partition coefficient (Wildman–Crippen LogP) is 3.71. The maximum absolute atomic E-state index is 4.55. The lowest BCUT2D eigenvalue weighted by Gasteiger charge is -2.07. The number of aromatic nitrogens is 2. The fourth-order valence-corrected chi connectivity index (χ4v) is 2.45. The van der Waals surface area contributed by atoms with Crippen LogP contribution in [0.4, 0.5) is 0 Å². The van der Waals surface area contributed by atoms with E-state index in [2.05, 4.69) is 41.2 Å². The molecular weight excluding hydrogens is 208 g/mol. The molecule has 0 bridgehead atoms. The Hall–Kier alpha value is -1.96. The highest BCUT2D eigenvalue weighted by atomic mass is 14.7. The molecule has 0 fully saturated rings. The smallest absolute Gasteiger partial charge is 0.0460 e. The molecule has 2 aromatic heterocycles. The number of rotatable bonds is 0. The molecule has 1 aromatic carbocycles. The number of hydrogen-bond acceptors (Lipinski definition) is 2. The Morgan fingerprint density at radius 1 is 0.882 bits per heavy atom. The van der Waals surface area contributed by atoms with Gasteiger partial charge in [-0.25, -0.2) is 0 Å². The maximum atomic E-state index is 4.55. The molecule has 0 N–H and O–H groups in total. The number of aryl methyl sites for hydroxylation is 3. The summed E-state index contributed by atoms with van der Waals surface area (Å²) in [6.45, 7) is 6.11. The first kappa shape index (κ1) is 10.2. The van der Waals surface area contributed by atoms with Crippen molar-refractivity contribution in [2.75, 3.05) is 0 Å². The largest absolute Gasteiger partial charge is 0.261 e. The third kappa shape index (κ3) is 1.57. The normalized spacial score (nSPS) is 11.2. The van der Waals surface area contributed by atoms with Gasteiger partial charge in [0.1, 0.15) is 0 Å². The molecule has 0 aliphatic rings. The second-order valence-electron chi connectivity index (χ2n) is 4.56. The fourth-order valence-electron chi connectivity index (χ4n) is 2.45. The summed E-state index contributed by atoms with van der Waals surface area (Å²) in [5, 5.41) is 4.89. The average molecular weight is 222 g/mol. The summed E-state index contributed by atoms with van der Waals surface area (Å²) in [7, 11) is 0. The van der Waals surface area contributed by atoms with Gasteiger partial charge in [0.05, 0.1) is 0 Å². The van der Waals surface area contributed by atoms with E-state index in [9.17, 15) is 0 Å². The Morgan fingerprint density at radius 2 is 1.59 bits per heavy atom. The predicted molar refractivity (Wildman–Crippen MR) is 71.3 cm³/mol. The van der Waals surface area contributed by atoms with Gasteiger partial charge in [0.2, 0.25) is 0 Å². The lowest BCUT2D eigenvalue weighted by Crippen LogP contribution is -1.90. The second-order valence-corrected chi connectivity index (χ2v) is 4.56. The van der Waals surface area contributed by atoms with Crippen molar-refractivity contribution in [3.8, 4) is 0 Å². The maximum Gasteiger partial charge on any atom is 0.0460 e. The van der Waals surface area contributed by atoms with Crippen LogP contribution in [0.2, 0.25) is 0 Å². The number of nitrogens with zero attached hydrogens (tertiary/aromatic N) is 2. The summed E-state index contributed by atoms with van der Waals surface area (Å²) in [5.74, 6) is 0. The van der Waals surface area contributed by atoms with Crippen molar-refractivity contribution in [1.82, 2.24) is 9.97 Å². The summed E-state index contributed by atoms with van der Waals surface area (Å²) in [4.78, 5) is 8.94. The van der Waals surface area contributed by atoms with Crippen LogP contribution >= 0.6 is 0 Å². The molecule has 0 aliphatic carbocycles. The molecule has 0 saturated carbocycles. The van der Waals surface area contributed by atoms with E-state index in [0.717, 1.165) is 17.1 Å². The SMILES string of the molecule is Cc1cc2ccc3cc(C)nc(C)c3c2cn1. The molecule has 0 aliphatic heterocycles. The zero-order chi connectivity index (χ0) is 12.0. The van der Waals surface area contributed by atoms with Gasteiger partial charge in [-0.15, -0.1) is 0 Å². The van der Waals surface area contributed by atoms with Crippen molar-refractivity contribution in [2.24, 2.45) is 0 Å². The lowest BCUT2D eigenvalue weighted by molar-refractivity contribution is 1.15. The van der Waals surface area contributed by atoms with E-state index in [1.165, 1.54) is 21.5 Å². The third-order valence-corrected chi connectivity index (χ3v) is 3.14. The molecular formula is C15H14N2. The zero-order valence-electron chi connectivity index (χ0n) is 10.3. The summed E-state index contributed by atoms with van der Waals surface area (Å²) >= 11 is 0. The van der Waals surface area contributed by atoms with Crippen molar-refractivity contribution in [3.63, 3.8) is 0 Å². The Kier molecular flexibility index (Phi) is 2.11. The average Bonchev–Trinajstić information content (AvgIpc) is 2.28. The molecule has 0 radical (unpaired) electrons. The highest BCUT2D eigenvalue weighted by Gasteiger charge is 2.05. The van der Waals surface area contributed by atoms with Crippen LogP contribution in [0.15, 0.2) is 30.5 Å². The van der Waals surface area contributed by atoms with Crippen molar-refractivity contribution in [1.29, 1.82) is 0 Å². The van der Waals surface area contributed by atoms with Crippen LogP contribution in [0.5, 0.6) is 0 Å². The van der Waals surface area contributed by atoms with Gasteiger partial charge in [0, 0.05) is 34.1 Å². The van der Waals surface area contributed by atoms with Crippen molar-refractivity contribution in [3.05, 3.63) is 47.5 Å². The molecule has 17 heavy (non-hydrogen) atoms. The quantitative estimate of drug-likeness (QED) is 0.542. The van der Waals surface area contributed by atoms with Gasteiger partial charge in [-0.3, -0.25) is 9.97 Å². The molecule has 2 nitrogen and oxygen atoms in total. The number of fused-ring (bicyclic) bond motifs is 3. The fraction of sp³-hybridized carbons (Fsp3) is 0.200. The van der Waals surface area contributed by atoms with Crippen molar-refractivity contribution in [2.45, 2.75) is 20.8 Å². The first-order valence-corrected chi connectivity index (χ1v) is 5.78. The van der Waals surface area contributed by atoms with E-state index < -0.39 is 0 Å². The van der Waals surface area contributed by atoms with E-state index >= 15 is 0 Å². The Labute approximate surface area is 100 Å². The first-order valence-electron chi connectivity index (χ1n) is 5.78. The highest BCUT2D eigenvalue weighted by Crippen LogP contribution is 2.27. The van der Waals surface area contributed by atoms with Crippen molar-refractivity contribution >= 4 is 21.5 Å². The summed E-state index contributed by atoms with van der Waals surface area (Å²) in [6, 6.07) is 8.57. The lowest BCUT2D eigenvalue weighted by atomic mass is 10.0. The second kappa shape index (κ2) is 3.52. The van der Waals surface area contributed by atoms with Gasteiger partial charge >= 0.3 is 0 Å². The van der Waals surface area contributed by atoms with Gasteiger partial charge in [0.15, 0.2) is 0 Å². The Bertz CT molecular complexity index is 730. The molecule has 0 unspecified atom stereocenters. The Morgan fingerprint density at radius 3 is 2.41 bits per heavy atom. The minimum absolute atomic E-state index is 1.05. The molecule has 0 saturated heterocycles. The summed E-state index contributed by atoms with van der Waals surface area (Å²) in [6.07, 6.45) is 1.96. The van der Waals surface area contributed by atoms with Crippen LogP contribution in [0, 0.1) is 20.8 Å². The minimum atomic E-state index is 1.05. The van der Waals surface area contributed by atoms with Gasteiger partial charge in [-0.05, 0) is 43.7 Å². The molecule has 3 aromatic rings. The number of hydrogen-bond donors (Lipinski definition) is 0. The van der Waals surface area contributed by atoms with E-state index in [-0.39, 0.29) is 0 Å². The van der Waals surface area contributed by atoms with Crippen LogP contribution in [0.1, 0.15) is 17.1 Å². The molecule has 84 valence electrons. The van der Waals surface area contributed by atoms with E-state index in [4.69, 9.17) is 0 Å². The Balaban J connectivity index is 2.55. The standard InChI is InChI=1S/C15H14N2/c1-9-6-12-4-5-13-7-10(2)17-11(3)15(13)14(12)8-16-9/h4-8H,1-3H3. The molecule has 0 amide bonds. The molecule has 0 spiro atoms. The summed E-state index contributed by atoms with van der Waals surface area (Å²) < 4.78 is 0. The van der Waals surface area contributed by atoms with Crippen LogP contribution < -0.4 is 0 Å². The van der Waals surface area contributed by atoms with Crippen LogP contribution in [-0.2, 0) is 0 Å². The van der Waals surface area contributed by atoms with Gasteiger partial charge in [-0.1, -0.05) is 12.1 Å². The zero-order valence-corrected chi connectivity index (χ0v) is 10.3. The van der Waals surface area contributed by atoms with E-state index in [1.807, 2.05) is 20.0 Å². The van der Waals surface area contributed by atoms with Gasteiger partial charge < -0.3 is 0 Å². The molecule has 2 heteroatoms. The molecule has 0 atom stereocenters. The van der Waals surface area contributed by atoms with Crippen LogP contribution in [0.3, 0.4) is 0 Å². The number of pyridine rings is 2. The monoisotopic (exact) mass is 222 g/mol. The molecule has 2 heterocycles. The van der Waals surface area contributed by atoms with Crippen LogP contribution in [-0.4, -0.2) is 9.97 Å². The highest BCUT2D eigenvalue weighted by molar-refractivity contribution is 6.08. The summed E-state index contributed by atoms with van der Waals surface area (Å²) in [5.41, 5.74) is 3.19. The van der Waals surface area contributed by atoms with Gasteiger partial charge in [0.25, 0.3) is 0 Å². The molecule has 3 rings (SSSR count). The minimum Gasteiger partial charge on any atom is -0.261 e. The number of benzene rings is 1. The van der Waals surface area contributed by atoms with E-state index in [0.29, 0.717) is 0 Å². The van der Waals surface area contributed by atoms with E-state index in [1.54, 1.807) is 0 Å². The van der Waals surface area contributed by atoms with Crippen LogP contribution in [0.25, 0.3) is 21.5 Å². The first-order chi connectivity index (χ1) is 8.15. The van der Waals surface area contributed by atoms with Gasteiger partial charge in [-0.2, -0.15) is 0 Å². The topological polar surface area (TPSA) is 25.8 Å². The van der Waals surface area contributed by atoms with Crippen molar-refractivity contribution < 1.29 is 0 Å². The third-order valence-electron chi connectivity index (χ3n) is 3.14.